The molecule has 1 aromatic carbocycles. The molecule has 2 aromatic rings. The van der Waals surface area contributed by atoms with E-state index in [9.17, 15) is 0 Å². The maximum atomic E-state index is 4.34. The second-order valence-electron chi connectivity index (χ2n) is 4.99. The first-order valence-corrected chi connectivity index (χ1v) is 6.41. The zero-order chi connectivity index (χ0) is 13.1. The van der Waals surface area contributed by atoms with E-state index in [0.29, 0.717) is 6.04 Å². The summed E-state index contributed by atoms with van der Waals surface area (Å²) in [5.74, 6) is 0. The van der Waals surface area contributed by atoms with Gasteiger partial charge in [-0.05, 0) is 31.5 Å². The minimum atomic E-state index is 0.505. The van der Waals surface area contributed by atoms with Crippen molar-refractivity contribution in [1.82, 2.24) is 14.9 Å². The van der Waals surface area contributed by atoms with Crippen LogP contribution < -0.4 is 5.32 Å². The van der Waals surface area contributed by atoms with Crippen molar-refractivity contribution in [3.05, 3.63) is 47.5 Å². The molecule has 1 aromatic heterocycles. The lowest BCUT2D eigenvalue weighted by atomic mass is 10.2. The molecule has 0 aliphatic heterocycles. The van der Waals surface area contributed by atoms with Crippen LogP contribution in [0, 0.1) is 13.8 Å². The third-order valence-corrected chi connectivity index (χ3v) is 3.15. The van der Waals surface area contributed by atoms with Gasteiger partial charge in [0, 0.05) is 24.0 Å². The van der Waals surface area contributed by atoms with Crippen LogP contribution >= 0.6 is 0 Å². The fourth-order valence-electron chi connectivity index (χ4n) is 1.90. The molecule has 0 saturated carbocycles. The van der Waals surface area contributed by atoms with Gasteiger partial charge in [-0.2, -0.15) is 0 Å². The van der Waals surface area contributed by atoms with E-state index in [4.69, 9.17) is 0 Å². The summed E-state index contributed by atoms with van der Waals surface area (Å²) in [5.41, 5.74) is 4.76. The Kier molecular flexibility index (Phi) is 3.82. The number of hydrogen-bond acceptors (Lipinski definition) is 2. The van der Waals surface area contributed by atoms with E-state index < -0.39 is 0 Å². The van der Waals surface area contributed by atoms with Crippen LogP contribution in [0.4, 0.5) is 0 Å². The first kappa shape index (κ1) is 12.8. The van der Waals surface area contributed by atoms with E-state index in [2.05, 4.69) is 59.9 Å². The highest BCUT2D eigenvalue weighted by Gasteiger charge is 2.05. The fraction of sp³-hybridized carbons (Fsp3) is 0.400. The van der Waals surface area contributed by atoms with Crippen molar-refractivity contribution in [3.8, 4) is 5.69 Å². The van der Waals surface area contributed by atoms with Crippen molar-refractivity contribution in [3.63, 3.8) is 0 Å². The SMILES string of the molecule is Cc1ncn(-c2cccc(CNC(C)C)c2)c1C. The minimum Gasteiger partial charge on any atom is -0.310 e. The highest BCUT2D eigenvalue weighted by atomic mass is 15.1. The van der Waals surface area contributed by atoms with Gasteiger partial charge in [-0.25, -0.2) is 4.98 Å². The molecule has 2 rings (SSSR count). The molecule has 0 radical (unpaired) electrons. The Balaban J connectivity index is 2.24. The van der Waals surface area contributed by atoms with Crippen molar-refractivity contribution in [2.45, 2.75) is 40.3 Å². The summed E-state index contributed by atoms with van der Waals surface area (Å²) in [6.45, 7) is 9.36. The topological polar surface area (TPSA) is 29.9 Å². The average molecular weight is 243 g/mol. The molecule has 0 bridgehead atoms. The quantitative estimate of drug-likeness (QED) is 0.894. The van der Waals surface area contributed by atoms with Gasteiger partial charge in [-0.1, -0.05) is 26.0 Å². The highest BCUT2D eigenvalue weighted by molar-refractivity contribution is 5.38. The van der Waals surface area contributed by atoms with Crippen molar-refractivity contribution < 1.29 is 0 Å². The van der Waals surface area contributed by atoms with E-state index in [1.54, 1.807) is 0 Å². The fourth-order valence-corrected chi connectivity index (χ4v) is 1.90. The summed E-state index contributed by atoms with van der Waals surface area (Å²) in [7, 11) is 0. The standard InChI is InChI=1S/C15H21N3/c1-11(2)16-9-14-6-5-7-15(8-14)18-10-17-12(3)13(18)4/h5-8,10-11,16H,9H2,1-4H3. The number of aryl methyl sites for hydroxylation is 1. The number of nitrogens with zero attached hydrogens (tertiary/aromatic N) is 2. The number of hydrogen-bond donors (Lipinski definition) is 1. The predicted octanol–water partition coefficient (Wildman–Crippen LogP) is 2.99. The van der Waals surface area contributed by atoms with Gasteiger partial charge in [0.15, 0.2) is 0 Å². The zero-order valence-corrected chi connectivity index (χ0v) is 11.6. The van der Waals surface area contributed by atoms with Gasteiger partial charge in [-0.15, -0.1) is 0 Å². The normalized spacial score (nSPS) is 11.2. The molecule has 3 nitrogen and oxygen atoms in total. The Labute approximate surface area is 109 Å². The smallest absolute Gasteiger partial charge is 0.0997 e. The molecule has 1 N–H and O–H groups in total. The van der Waals surface area contributed by atoms with Crippen LogP contribution in [0.2, 0.25) is 0 Å². The first-order chi connectivity index (χ1) is 8.58. The van der Waals surface area contributed by atoms with E-state index in [-0.39, 0.29) is 0 Å². The highest BCUT2D eigenvalue weighted by Crippen LogP contribution is 2.15. The summed E-state index contributed by atoms with van der Waals surface area (Å²) >= 11 is 0. The lowest BCUT2D eigenvalue weighted by Gasteiger charge is -2.11. The van der Waals surface area contributed by atoms with E-state index in [1.165, 1.54) is 16.9 Å². The Morgan fingerprint density at radius 2 is 2.06 bits per heavy atom. The molecular formula is C15H21N3. The zero-order valence-electron chi connectivity index (χ0n) is 11.6. The van der Waals surface area contributed by atoms with Crippen molar-refractivity contribution in [1.29, 1.82) is 0 Å². The molecule has 1 heterocycles. The Hall–Kier alpha value is -1.61. The lowest BCUT2D eigenvalue weighted by Crippen LogP contribution is -2.21. The number of rotatable bonds is 4. The molecule has 0 unspecified atom stereocenters. The van der Waals surface area contributed by atoms with Crippen LogP contribution in [0.5, 0.6) is 0 Å². The van der Waals surface area contributed by atoms with Crippen LogP contribution in [0.1, 0.15) is 30.8 Å². The average Bonchev–Trinajstić information content (AvgIpc) is 2.68. The molecule has 0 fully saturated rings. The minimum absolute atomic E-state index is 0.505. The van der Waals surface area contributed by atoms with Gasteiger partial charge in [0.25, 0.3) is 0 Å². The van der Waals surface area contributed by atoms with Gasteiger partial charge in [-0.3, -0.25) is 0 Å². The van der Waals surface area contributed by atoms with Crippen LogP contribution in [0.25, 0.3) is 5.69 Å². The second-order valence-corrected chi connectivity index (χ2v) is 4.99. The summed E-state index contributed by atoms with van der Waals surface area (Å²) in [4.78, 5) is 4.34. The molecule has 3 heteroatoms. The van der Waals surface area contributed by atoms with Gasteiger partial charge >= 0.3 is 0 Å². The van der Waals surface area contributed by atoms with Crippen LogP contribution in [0.3, 0.4) is 0 Å². The Morgan fingerprint density at radius 3 is 2.67 bits per heavy atom. The molecule has 0 atom stereocenters. The largest absolute Gasteiger partial charge is 0.310 e. The molecule has 18 heavy (non-hydrogen) atoms. The second kappa shape index (κ2) is 5.36. The maximum absolute atomic E-state index is 4.34. The van der Waals surface area contributed by atoms with E-state index in [0.717, 1.165) is 12.2 Å². The van der Waals surface area contributed by atoms with Crippen molar-refractivity contribution in [2.75, 3.05) is 0 Å². The first-order valence-electron chi connectivity index (χ1n) is 6.41. The Bertz CT molecular complexity index is 526. The van der Waals surface area contributed by atoms with Crippen LogP contribution in [-0.2, 0) is 6.54 Å². The molecule has 0 aliphatic carbocycles. The summed E-state index contributed by atoms with van der Waals surface area (Å²) < 4.78 is 2.13. The number of nitrogens with one attached hydrogen (secondary N) is 1. The van der Waals surface area contributed by atoms with Gasteiger partial charge in [0.1, 0.15) is 0 Å². The molecule has 0 amide bonds. The van der Waals surface area contributed by atoms with E-state index in [1.807, 2.05) is 13.3 Å². The number of imidazole rings is 1. The van der Waals surface area contributed by atoms with Crippen molar-refractivity contribution in [2.24, 2.45) is 0 Å². The molecule has 0 aliphatic rings. The molecule has 0 saturated heterocycles. The monoisotopic (exact) mass is 243 g/mol. The van der Waals surface area contributed by atoms with Crippen molar-refractivity contribution >= 4 is 0 Å². The summed E-state index contributed by atoms with van der Waals surface area (Å²) in [6, 6.07) is 9.08. The number of aromatic nitrogens is 2. The molecular weight excluding hydrogens is 222 g/mol. The van der Waals surface area contributed by atoms with Crippen LogP contribution in [-0.4, -0.2) is 15.6 Å². The third-order valence-electron chi connectivity index (χ3n) is 3.15. The summed E-state index contributed by atoms with van der Waals surface area (Å²) in [6.07, 6.45) is 1.89. The van der Waals surface area contributed by atoms with Crippen LogP contribution in [0.15, 0.2) is 30.6 Å². The van der Waals surface area contributed by atoms with Gasteiger partial charge in [0.05, 0.1) is 12.0 Å². The van der Waals surface area contributed by atoms with Gasteiger partial charge in [0.2, 0.25) is 0 Å². The molecule has 96 valence electrons. The van der Waals surface area contributed by atoms with E-state index >= 15 is 0 Å². The predicted molar refractivity (Wildman–Crippen MR) is 75.0 cm³/mol. The Morgan fingerprint density at radius 1 is 1.28 bits per heavy atom. The molecule has 0 spiro atoms. The third kappa shape index (κ3) is 2.79. The van der Waals surface area contributed by atoms with Gasteiger partial charge < -0.3 is 9.88 Å². The number of benzene rings is 1. The lowest BCUT2D eigenvalue weighted by molar-refractivity contribution is 0.588. The maximum Gasteiger partial charge on any atom is 0.0997 e. The summed E-state index contributed by atoms with van der Waals surface area (Å²) in [5, 5.41) is 3.44.